The Hall–Kier alpha value is -2.40. The largest absolute Gasteiger partial charge is 0.269 e. The zero-order valence-corrected chi connectivity index (χ0v) is 9.38. The number of hydrogen-bond acceptors (Lipinski definition) is 2. The maximum Gasteiger partial charge on any atom is 0.126 e. The average Bonchev–Trinajstić information content (AvgIpc) is 2.42. The van der Waals surface area contributed by atoms with Crippen molar-refractivity contribution < 1.29 is 0 Å². The van der Waals surface area contributed by atoms with E-state index in [-0.39, 0.29) is 14.0 Å². The first-order valence-corrected chi connectivity index (χ1v) is 5.44. The van der Waals surface area contributed by atoms with Crippen molar-refractivity contribution in [2.75, 3.05) is 6.54 Å². The fourth-order valence-electron chi connectivity index (χ4n) is 1.66. The topological polar surface area (TPSA) is 36.1 Å². The molecule has 0 bridgehead atoms. The molecule has 2 aromatic rings. The van der Waals surface area contributed by atoms with Crippen LogP contribution in [0.5, 0.6) is 0 Å². The summed E-state index contributed by atoms with van der Waals surface area (Å²) in [7, 11) is 0. The van der Waals surface area contributed by atoms with Gasteiger partial charge in [0.15, 0.2) is 0 Å². The molecule has 0 aliphatic carbocycles. The molecule has 0 aromatic heterocycles. The molecule has 0 atom stereocenters. The van der Waals surface area contributed by atoms with E-state index in [0.717, 1.165) is 16.8 Å². The minimum Gasteiger partial charge on any atom is -0.269 e. The van der Waals surface area contributed by atoms with Crippen LogP contribution in [0, 0.1) is 11.3 Å². The van der Waals surface area contributed by atoms with E-state index in [1.165, 1.54) is 0 Å². The molecule has 0 fully saturated rings. The van der Waals surface area contributed by atoms with Crippen LogP contribution >= 0.6 is 0 Å². The molecule has 0 N–H and O–H groups in total. The van der Waals surface area contributed by atoms with Crippen molar-refractivity contribution in [1.29, 1.82) is 5.26 Å². The molecule has 0 saturated carbocycles. The lowest BCUT2D eigenvalue weighted by Crippen LogP contribution is -2.03. The summed E-state index contributed by atoms with van der Waals surface area (Å²) in [5.41, 5.74) is 2.94. The Labute approximate surface area is 108 Å². The Morgan fingerprint density at radius 3 is 1.72 bits per heavy atom. The van der Waals surface area contributed by atoms with Gasteiger partial charge in [-0.1, -0.05) is 68.1 Å². The lowest BCUT2D eigenvalue weighted by Gasteiger charge is -2.06. The van der Waals surface area contributed by atoms with Crippen LogP contribution in [0.3, 0.4) is 0 Å². The van der Waals surface area contributed by atoms with Crippen molar-refractivity contribution in [3.8, 4) is 6.07 Å². The molecule has 0 radical (unpaired) electrons. The van der Waals surface area contributed by atoms with E-state index in [2.05, 4.69) is 11.1 Å². The fraction of sp³-hybridized carbons (Fsp3) is 0.125. The monoisotopic (exact) mass is 236 g/mol. The molecule has 90 valence electrons. The second kappa shape index (κ2) is 7.03. The molecule has 0 aliphatic rings. The van der Waals surface area contributed by atoms with Crippen LogP contribution < -0.4 is 0 Å². The minimum atomic E-state index is 0. The van der Waals surface area contributed by atoms with E-state index in [1.807, 2.05) is 60.7 Å². The van der Waals surface area contributed by atoms with Gasteiger partial charge in [0.05, 0.1) is 11.8 Å². The molecule has 2 aromatic carbocycles. The first-order valence-electron chi connectivity index (χ1n) is 5.44. The van der Waals surface area contributed by atoms with Crippen molar-refractivity contribution >= 4 is 5.71 Å². The van der Waals surface area contributed by atoms with Gasteiger partial charge in [0.1, 0.15) is 6.54 Å². The molecule has 2 heteroatoms. The summed E-state index contributed by atoms with van der Waals surface area (Å²) in [6.07, 6.45) is 0. The summed E-state index contributed by atoms with van der Waals surface area (Å²) in [5.74, 6) is 0. The van der Waals surface area contributed by atoms with Gasteiger partial charge in [-0.05, 0) is 0 Å². The number of nitrogens with zero attached hydrogens (tertiary/aromatic N) is 2. The maximum atomic E-state index is 8.65. The summed E-state index contributed by atoms with van der Waals surface area (Å²) < 4.78 is 0. The highest BCUT2D eigenvalue weighted by atomic mass is 14.7. The lowest BCUT2D eigenvalue weighted by atomic mass is 10.0. The molecular formula is C16H16N2. The zero-order valence-electron chi connectivity index (χ0n) is 9.38. The van der Waals surface area contributed by atoms with Gasteiger partial charge in [0.2, 0.25) is 0 Å². The molecule has 2 nitrogen and oxygen atoms in total. The molecule has 0 aliphatic heterocycles. The second-order valence-electron chi connectivity index (χ2n) is 3.55. The van der Waals surface area contributed by atoms with E-state index < -0.39 is 0 Å². The lowest BCUT2D eigenvalue weighted by molar-refractivity contribution is 1.23. The predicted octanol–water partition coefficient (Wildman–Crippen LogP) is 3.68. The van der Waals surface area contributed by atoms with Gasteiger partial charge in [-0.15, -0.1) is 0 Å². The maximum absolute atomic E-state index is 8.65. The van der Waals surface area contributed by atoms with Gasteiger partial charge in [-0.2, -0.15) is 5.26 Å². The van der Waals surface area contributed by atoms with Crippen LogP contribution in [-0.2, 0) is 0 Å². The molecule has 0 unspecified atom stereocenters. The molecule has 0 amide bonds. The van der Waals surface area contributed by atoms with Crippen LogP contribution in [0.1, 0.15) is 18.6 Å². The third-order valence-corrected chi connectivity index (χ3v) is 2.40. The normalized spacial score (nSPS) is 8.83. The molecule has 18 heavy (non-hydrogen) atoms. The molecular weight excluding hydrogens is 220 g/mol. The smallest absolute Gasteiger partial charge is 0.126 e. The van der Waals surface area contributed by atoms with Gasteiger partial charge in [-0.25, -0.2) is 0 Å². The van der Waals surface area contributed by atoms with Crippen LogP contribution in [0.4, 0.5) is 0 Å². The van der Waals surface area contributed by atoms with Gasteiger partial charge >= 0.3 is 0 Å². The Kier molecular flexibility index (Phi) is 5.34. The van der Waals surface area contributed by atoms with E-state index in [1.54, 1.807) is 0 Å². The SMILES string of the molecule is C.N#CCN=C(c1ccccc1)c1ccccc1. The zero-order chi connectivity index (χ0) is 11.9. The van der Waals surface area contributed by atoms with Crippen LogP contribution in [0.15, 0.2) is 65.7 Å². The summed E-state index contributed by atoms with van der Waals surface area (Å²) in [4.78, 5) is 4.34. The molecule has 0 heterocycles. The van der Waals surface area contributed by atoms with E-state index in [0.29, 0.717) is 0 Å². The van der Waals surface area contributed by atoms with Crippen molar-refractivity contribution in [3.05, 3.63) is 71.8 Å². The Balaban J connectivity index is 0.00000162. The summed E-state index contributed by atoms with van der Waals surface area (Å²) in [6.45, 7) is 0.180. The van der Waals surface area contributed by atoms with Crippen molar-refractivity contribution in [2.45, 2.75) is 7.43 Å². The van der Waals surface area contributed by atoms with Gasteiger partial charge in [0, 0.05) is 11.1 Å². The number of rotatable bonds is 3. The van der Waals surface area contributed by atoms with Crippen LogP contribution in [0.2, 0.25) is 0 Å². The first-order chi connectivity index (χ1) is 8.42. The minimum absolute atomic E-state index is 0. The Bertz CT molecular complexity index is 495. The van der Waals surface area contributed by atoms with E-state index in [4.69, 9.17) is 5.26 Å². The molecule has 2 rings (SSSR count). The van der Waals surface area contributed by atoms with Crippen molar-refractivity contribution in [1.82, 2.24) is 0 Å². The average molecular weight is 236 g/mol. The van der Waals surface area contributed by atoms with E-state index in [9.17, 15) is 0 Å². The second-order valence-corrected chi connectivity index (χ2v) is 3.55. The molecule has 0 spiro atoms. The van der Waals surface area contributed by atoms with E-state index >= 15 is 0 Å². The predicted molar refractivity (Wildman–Crippen MR) is 75.7 cm³/mol. The fourth-order valence-corrected chi connectivity index (χ4v) is 1.66. The van der Waals surface area contributed by atoms with Crippen molar-refractivity contribution in [3.63, 3.8) is 0 Å². The molecule has 0 saturated heterocycles. The summed E-state index contributed by atoms with van der Waals surface area (Å²) in [5, 5.41) is 8.65. The van der Waals surface area contributed by atoms with Crippen molar-refractivity contribution in [2.24, 2.45) is 4.99 Å². The third kappa shape index (κ3) is 3.29. The number of nitriles is 1. The van der Waals surface area contributed by atoms with Gasteiger partial charge < -0.3 is 0 Å². The Morgan fingerprint density at radius 2 is 1.33 bits per heavy atom. The Morgan fingerprint density at radius 1 is 0.889 bits per heavy atom. The number of aliphatic imine (C=N–C) groups is 1. The summed E-state index contributed by atoms with van der Waals surface area (Å²) in [6, 6.07) is 21.9. The number of hydrogen-bond donors (Lipinski definition) is 0. The van der Waals surface area contributed by atoms with Gasteiger partial charge in [0.25, 0.3) is 0 Å². The highest BCUT2D eigenvalue weighted by Crippen LogP contribution is 2.10. The summed E-state index contributed by atoms with van der Waals surface area (Å²) >= 11 is 0. The standard InChI is InChI=1S/C15H12N2.CH4/c16-11-12-17-15(13-7-3-1-4-8-13)14-9-5-2-6-10-14;/h1-10H,12H2;1H4. The highest BCUT2D eigenvalue weighted by molar-refractivity contribution is 6.12. The van der Waals surface area contributed by atoms with Crippen LogP contribution in [-0.4, -0.2) is 12.3 Å². The third-order valence-electron chi connectivity index (χ3n) is 2.40. The first kappa shape index (κ1) is 13.7. The number of benzene rings is 2. The van der Waals surface area contributed by atoms with Gasteiger partial charge in [-0.3, -0.25) is 4.99 Å². The quantitative estimate of drug-likeness (QED) is 0.591. The highest BCUT2D eigenvalue weighted by Gasteiger charge is 2.04. The van der Waals surface area contributed by atoms with Crippen LogP contribution in [0.25, 0.3) is 0 Å².